The molecule has 1 aliphatic heterocycles. The van der Waals surface area contributed by atoms with E-state index in [9.17, 15) is 14.4 Å². The Morgan fingerprint density at radius 2 is 2.16 bits per heavy atom. The molecule has 1 atom stereocenters. The van der Waals surface area contributed by atoms with E-state index in [1.54, 1.807) is 30.4 Å². The first-order chi connectivity index (χ1) is 12.0. The number of urea groups is 1. The average molecular weight is 359 g/mol. The fourth-order valence-corrected chi connectivity index (χ4v) is 3.21. The van der Waals surface area contributed by atoms with E-state index < -0.39 is 24.0 Å². The summed E-state index contributed by atoms with van der Waals surface area (Å²) in [7, 11) is 0. The minimum absolute atomic E-state index is 0.273. The van der Waals surface area contributed by atoms with E-state index in [0.29, 0.717) is 17.8 Å². The molecule has 1 aliphatic rings. The van der Waals surface area contributed by atoms with Crippen LogP contribution in [0.25, 0.3) is 10.6 Å². The van der Waals surface area contributed by atoms with Crippen molar-refractivity contribution in [2.75, 3.05) is 13.1 Å². The van der Waals surface area contributed by atoms with E-state index in [4.69, 9.17) is 4.74 Å². The number of pyridine rings is 1. The quantitative estimate of drug-likeness (QED) is 0.846. The van der Waals surface area contributed by atoms with E-state index in [1.807, 2.05) is 17.5 Å². The first kappa shape index (κ1) is 17.1. The molecule has 0 radical (unpaired) electrons. The molecule has 0 aromatic carbocycles. The van der Waals surface area contributed by atoms with Crippen molar-refractivity contribution in [3.8, 4) is 10.6 Å². The van der Waals surface area contributed by atoms with Gasteiger partial charge in [-0.15, -0.1) is 11.3 Å². The Kier molecular flexibility index (Phi) is 4.80. The van der Waals surface area contributed by atoms with Crippen LogP contribution in [0, 0.1) is 6.92 Å². The van der Waals surface area contributed by atoms with Crippen LogP contribution in [0.4, 0.5) is 4.79 Å². The lowest BCUT2D eigenvalue weighted by Crippen LogP contribution is -2.41. The van der Waals surface area contributed by atoms with Crippen molar-refractivity contribution >= 4 is 29.2 Å². The highest BCUT2D eigenvalue weighted by Gasteiger charge is 2.32. The molecule has 0 saturated carbocycles. The highest BCUT2D eigenvalue weighted by molar-refractivity contribution is 7.13. The van der Waals surface area contributed by atoms with Crippen molar-refractivity contribution in [3.63, 3.8) is 0 Å². The molecule has 8 heteroatoms. The number of aryl methyl sites for hydroxylation is 1. The van der Waals surface area contributed by atoms with Gasteiger partial charge in [-0.05, 0) is 37.4 Å². The number of ether oxygens (including phenoxy) is 1. The molecule has 3 amide bonds. The van der Waals surface area contributed by atoms with E-state index >= 15 is 0 Å². The molecule has 25 heavy (non-hydrogen) atoms. The van der Waals surface area contributed by atoms with Crippen LogP contribution in [0.2, 0.25) is 0 Å². The molecule has 3 rings (SSSR count). The van der Waals surface area contributed by atoms with Gasteiger partial charge in [0.15, 0.2) is 6.10 Å². The molecular formula is C17H17N3O4S. The van der Waals surface area contributed by atoms with Crippen molar-refractivity contribution in [3.05, 3.63) is 40.9 Å². The van der Waals surface area contributed by atoms with Crippen LogP contribution in [-0.2, 0) is 9.53 Å². The molecule has 130 valence electrons. The third kappa shape index (κ3) is 3.53. The van der Waals surface area contributed by atoms with Crippen LogP contribution in [0.1, 0.15) is 23.0 Å². The SMILES string of the molecule is Cc1nc(-c2cccs2)ccc1C(=O)O[C@H](C)C(=O)N1CCNC1=O. The number of rotatable bonds is 4. The van der Waals surface area contributed by atoms with Gasteiger partial charge in [0, 0.05) is 13.1 Å². The molecule has 2 aromatic rings. The zero-order valence-electron chi connectivity index (χ0n) is 13.8. The molecule has 0 spiro atoms. The van der Waals surface area contributed by atoms with E-state index in [1.165, 1.54) is 6.92 Å². The average Bonchev–Trinajstić information content (AvgIpc) is 3.25. The maximum Gasteiger partial charge on any atom is 0.340 e. The van der Waals surface area contributed by atoms with Crippen LogP contribution in [0.5, 0.6) is 0 Å². The molecular weight excluding hydrogens is 342 g/mol. The van der Waals surface area contributed by atoms with Gasteiger partial charge in [0.1, 0.15) is 0 Å². The highest BCUT2D eigenvalue weighted by atomic mass is 32.1. The second kappa shape index (κ2) is 7.02. The Morgan fingerprint density at radius 1 is 1.36 bits per heavy atom. The van der Waals surface area contributed by atoms with Crippen molar-refractivity contribution in [2.24, 2.45) is 0 Å². The number of esters is 1. The smallest absolute Gasteiger partial charge is 0.340 e. The molecule has 2 aromatic heterocycles. The van der Waals surface area contributed by atoms with Gasteiger partial charge in [-0.3, -0.25) is 14.7 Å². The zero-order chi connectivity index (χ0) is 18.0. The first-order valence-corrected chi connectivity index (χ1v) is 8.67. The predicted octanol–water partition coefficient (Wildman–Crippen LogP) is 2.22. The van der Waals surface area contributed by atoms with Gasteiger partial charge in [-0.1, -0.05) is 6.07 Å². The van der Waals surface area contributed by atoms with Gasteiger partial charge >= 0.3 is 12.0 Å². The minimum atomic E-state index is -1.05. The van der Waals surface area contributed by atoms with E-state index in [-0.39, 0.29) is 6.54 Å². The number of thiophene rings is 1. The number of imide groups is 1. The highest BCUT2D eigenvalue weighted by Crippen LogP contribution is 2.24. The Bertz CT molecular complexity index is 819. The van der Waals surface area contributed by atoms with Gasteiger partial charge in [-0.25, -0.2) is 9.59 Å². The lowest BCUT2D eigenvalue weighted by molar-refractivity contribution is -0.136. The number of nitrogens with zero attached hydrogens (tertiary/aromatic N) is 2. The summed E-state index contributed by atoms with van der Waals surface area (Å²) < 4.78 is 5.22. The maximum absolute atomic E-state index is 12.3. The molecule has 0 unspecified atom stereocenters. The van der Waals surface area contributed by atoms with Crippen molar-refractivity contribution in [2.45, 2.75) is 20.0 Å². The Labute approximate surface area is 148 Å². The number of carbonyl (C=O) groups excluding carboxylic acids is 3. The molecule has 1 saturated heterocycles. The second-order valence-electron chi connectivity index (χ2n) is 5.58. The van der Waals surface area contributed by atoms with Crippen LogP contribution in [-0.4, -0.2) is 47.0 Å². The summed E-state index contributed by atoms with van der Waals surface area (Å²) in [5.41, 5.74) is 1.60. The largest absolute Gasteiger partial charge is 0.449 e. The van der Waals surface area contributed by atoms with E-state index in [0.717, 1.165) is 15.5 Å². The molecule has 0 aliphatic carbocycles. The maximum atomic E-state index is 12.3. The number of hydrogen-bond acceptors (Lipinski definition) is 6. The zero-order valence-corrected chi connectivity index (χ0v) is 14.6. The van der Waals surface area contributed by atoms with Gasteiger partial charge < -0.3 is 10.1 Å². The van der Waals surface area contributed by atoms with Gasteiger partial charge in [-0.2, -0.15) is 0 Å². The Morgan fingerprint density at radius 3 is 2.76 bits per heavy atom. The van der Waals surface area contributed by atoms with Crippen LogP contribution >= 0.6 is 11.3 Å². The standard InChI is InChI=1S/C17H17N3O4S/c1-10-12(5-6-13(19-10)14-4-3-9-25-14)16(22)24-11(2)15(21)20-8-7-18-17(20)23/h3-6,9,11H,7-8H2,1-2H3,(H,18,23)/t11-/m1/s1. The lowest BCUT2D eigenvalue weighted by Gasteiger charge is -2.18. The Balaban J connectivity index is 1.70. The van der Waals surface area contributed by atoms with Crippen molar-refractivity contribution in [1.29, 1.82) is 0 Å². The number of amides is 3. The molecule has 1 N–H and O–H groups in total. The van der Waals surface area contributed by atoms with Crippen LogP contribution in [0.3, 0.4) is 0 Å². The minimum Gasteiger partial charge on any atom is -0.449 e. The lowest BCUT2D eigenvalue weighted by atomic mass is 10.1. The summed E-state index contributed by atoms with van der Waals surface area (Å²) in [5.74, 6) is -1.17. The summed E-state index contributed by atoms with van der Waals surface area (Å²) in [4.78, 5) is 42.5. The fourth-order valence-electron chi connectivity index (χ4n) is 2.51. The van der Waals surface area contributed by atoms with Crippen molar-refractivity contribution < 1.29 is 19.1 Å². The summed E-state index contributed by atoms with van der Waals surface area (Å²) in [6.07, 6.45) is -1.05. The topological polar surface area (TPSA) is 88.6 Å². The second-order valence-corrected chi connectivity index (χ2v) is 6.52. The number of hydrogen-bond donors (Lipinski definition) is 1. The van der Waals surface area contributed by atoms with E-state index in [2.05, 4.69) is 10.3 Å². The normalized spacial score (nSPS) is 15.0. The number of nitrogens with one attached hydrogen (secondary N) is 1. The summed E-state index contributed by atoms with van der Waals surface area (Å²) >= 11 is 1.56. The molecule has 1 fully saturated rings. The summed E-state index contributed by atoms with van der Waals surface area (Å²) in [5, 5.41) is 4.49. The number of carbonyl (C=O) groups is 3. The van der Waals surface area contributed by atoms with Crippen molar-refractivity contribution in [1.82, 2.24) is 15.2 Å². The summed E-state index contributed by atoms with van der Waals surface area (Å²) in [6.45, 7) is 3.84. The fraction of sp³-hybridized carbons (Fsp3) is 0.294. The third-order valence-corrected chi connectivity index (χ3v) is 4.73. The van der Waals surface area contributed by atoms with Gasteiger partial charge in [0.25, 0.3) is 5.91 Å². The van der Waals surface area contributed by atoms with Crippen LogP contribution in [0.15, 0.2) is 29.6 Å². The molecule has 3 heterocycles. The molecule has 7 nitrogen and oxygen atoms in total. The third-order valence-electron chi connectivity index (χ3n) is 3.83. The van der Waals surface area contributed by atoms with Gasteiger partial charge in [0.2, 0.25) is 0 Å². The van der Waals surface area contributed by atoms with Crippen LogP contribution < -0.4 is 5.32 Å². The van der Waals surface area contributed by atoms with Gasteiger partial charge in [0.05, 0.1) is 21.8 Å². The predicted molar refractivity (Wildman–Crippen MR) is 92.3 cm³/mol. The number of aromatic nitrogens is 1. The first-order valence-electron chi connectivity index (χ1n) is 7.79. The molecule has 0 bridgehead atoms. The summed E-state index contributed by atoms with van der Waals surface area (Å²) in [6, 6.07) is 6.80. The monoisotopic (exact) mass is 359 g/mol. The Hall–Kier alpha value is -2.74.